The van der Waals surface area contributed by atoms with Crippen LogP contribution in [0.1, 0.15) is 0 Å². The SMILES string of the molecule is O=c1[nH]c2nonc2[nH]c1=O. The summed E-state index contributed by atoms with van der Waals surface area (Å²) in [7, 11) is 0. The zero-order valence-electron chi connectivity index (χ0n) is 5.12. The van der Waals surface area contributed by atoms with E-state index in [0.29, 0.717) is 0 Å². The first-order valence-corrected chi connectivity index (χ1v) is 2.72. The fraction of sp³-hybridized carbons (Fsp3) is 0. The van der Waals surface area contributed by atoms with Crippen molar-refractivity contribution in [2.45, 2.75) is 0 Å². The van der Waals surface area contributed by atoms with E-state index in [9.17, 15) is 9.59 Å². The summed E-state index contributed by atoms with van der Waals surface area (Å²) in [6, 6.07) is 0. The van der Waals surface area contributed by atoms with Crippen LogP contribution in [0, 0.1) is 0 Å². The molecule has 0 aliphatic heterocycles. The average Bonchev–Trinajstić information content (AvgIpc) is 2.36. The van der Waals surface area contributed by atoms with Gasteiger partial charge in [0.15, 0.2) is 0 Å². The highest BCUT2D eigenvalue weighted by atomic mass is 16.6. The van der Waals surface area contributed by atoms with Gasteiger partial charge >= 0.3 is 11.1 Å². The van der Waals surface area contributed by atoms with Crippen LogP contribution in [0.2, 0.25) is 0 Å². The molecule has 2 N–H and O–H groups in total. The lowest BCUT2D eigenvalue weighted by Crippen LogP contribution is -2.28. The molecule has 0 unspecified atom stereocenters. The summed E-state index contributed by atoms with van der Waals surface area (Å²) in [6.45, 7) is 0. The summed E-state index contributed by atoms with van der Waals surface area (Å²) in [5.41, 5.74) is -1.27. The molecule has 7 heteroatoms. The van der Waals surface area contributed by atoms with E-state index in [4.69, 9.17) is 0 Å². The lowest BCUT2D eigenvalue weighted by molar-refractivity contribution is 0.314. The van der Waals surface area contributed by atoms with Crippen molar-refractivity contribution >= 4 is 11.3 Å². The van der Waals surface area contributed by atoms with Gasteiger partial charge in [0, 0.05) is 0 Å². The Morgan fingerprint density at radius 3 is 1.91 bits per heavy atom. The molecular weight excluding hydrogens is 152 g/mol. The third kappa shape index (κ3) is 0.741. The molecule has 0 atom stereocenters. The van der Waals surface area contributed by atoms with Crippen molar-refractivity contribution in [1.82, 2.24) is 20.3 Å². The van der Waals surface area contributed by atoms with E-state index >= 15 is 0 Å². The summed E-state index contributed by atoms with van der Waals surface area (Å²) in [5.74, 6) is 0. The molecule has 0 saturated heterocycles. The Hall–Kier alpha value is -1.92. The summed E-state index contributed by atoms with van der Waals surface area (Å²) >= 11 is 0. The minimum Gasteiger partial charge on any atom is -0.296 e. The van der Waals surface area contributed by atoms with Crippen molar-refractivity contribution in [2.24, 2.45) is 0 Å². The van der Waals surface area contributed by atoms with Gasteiger partial charge in [-0.2, -0.15) is 0 Å². The molecule has 11 heavy (non-hydrogen) atoms. The highest BCUT2D eigenvalue weighted by Crippen LogP contribution is 1.93. The molecule has 0 saturated carbocycles. The first kappa shape index (κ1) is 5.83. The van der Waals surface area contributed by atoms with E-state index in [2.05, 4.69) is 24.9 Å². The molecule has 2 aromatic heterocycles. The largest absolute Gasteiger partial charge is 0.315 e. The monoisotopic (exact) mass is 154 g/mol. The van der Waals surface area contributed by atoms with Crippen molar-refractivity contribution in [1.29, 1.82) is 0 Å². The molecule has 0 aliphatic carbocycles. The predicted molar refractivity (Wildman–Crippen MR) is 33.0 cm³/mol. The maximum Gasteiger partial charge on any atom is 0.315 e. The van der Waals surface area contributed by atoms with E-state index in [1.807, 2.05) is 0 Å². The summed E-state index contributed by atoms with van der Waals surface area (Å²) in [4.78, 5) is 25.6. The molecule has 0 spiro atoms. The molecule has 0 amide bonds. The Morgan fingerprint density at radius 2 is 1.45 bits per heavy atom. The molecule has 2 rings (SSSR count). The summed E-state index contributed by atoms with van der Waals surface area (Å²) in [5, 5.41) is 6.62. The second-order valence-corrected chi connectivity index (χ2v) is 1.87. The van der Waals surface area contributed by atoms with Crippen molar-refractivity contribution in [3.8, 4) is 0 Å². The van der Waals surface area contributed by atoms with Gasteiger partial charge in [0.1, 0.15) is 0 Å². The maximum atomic E-state index is 10.6. The van der Waals surface area contributed by atoms with Crippen LogP contribution in [-0.2, 0) is 0 Å². The lowest BCUT2D eigenvalue weighted by Gasteiger charge is -1.79. The van der Waals surface area contributed by atoms with Crippen LogP contribution in [0.15, 0.2) is 14.2 Å². The van der Waals surface area contributed by atoms with Gasteiger partial charge in [-0.25, -0.2) is 4.63 Å². The Balaban J connectivity index is 3.09. The van der Waals surface area contributed by atoms with E-state index in [-0.39, 0.29) is 11.3 Å². The molecule has 0 aromatic carbocycles. The molecule has 0 fully saturated rings. The first-order valence-electron chi connectivity index (χ1n) is 2.72. The fourth-order valence-corrected chi connectivity index (χ4v) is 0.681. The highest BCUT2D eigenvalue weighted by Gasteiger charge is 2.02. The van der Waals surface area contributed by atoms with E-state index < -0.39 is 11.1 Å². The van der Waals surface area contributed by atoms with Gasteiger partial charge in [0.25, 0.3) is 0 Å². The highest BCUT2D eigenvalue weighted by molar-refractivity contribution is 5.61. The van der Waals surface area contributed by atoms with Crippen LogP contribution in [0.5, 0.6) is 0 Å². The zero-order chi connectivity index (χ0) is 7.84. The molecule has 56 valence electrons. The number of H-pyrrole nitrogens is 2. The Morgan fingerprint density at radius 1 is 1.00 bits per heavy atom. The van der Waals surface area contributed by atoms with Crippen molar-refractivity contribution < 1.29 is 4.63 Å². The maximum absolute atomic E-state index is 10.6. The van der Waals surface area contributed by atoms with Crippen LogP contribution in [0.4, 0.5) is 0 Å². The van der Waals surface area contributed by atoms with Crippen LogP contribution in [-0.4, -0.2) is 20.3 Å². The van der Waals surface area contributed by atoms with Gasteiger partial charge in [0.2, 0.25) is 11.3 Å². The van der Waals surface area contributed by atoms with Gasteiger partial charge in [-0.05, 0) is 10.3 Å². The van der Waals surface area contributed by atoms with Crippen LogP contribution >= 0.6 is 0 Å². The second-order valence-electron chi connectivity index (χ2n) is 1.87. The number of nitrogens with zero attached hydrogens (tertiary/aromatic N) is 2. The normalized spacial score (nSPS) is 10.5. The minimum atomic E-state index is -0.770. The summed E-state index contributed by atoms with van der Waals surface area (Å²) in [6.07, 6.45) is 0. The van der Waals surface area contributed by atoms with Crippen LogP contribution in [0.25, 0.3) is 11.3 Å². The number of hydrogen-bond donors (Lipinski definition) is 2. The van der Waals surface area contributed by atoms with Gasteiger partial charge in [-0.3, -0.25) is 19.6 Å². The Labute approximate surface area is 58.0 Å². The third-order valence-electron chi connectivity index (χ3n) is 1.16. The van der Waals surface area contributed by atoms with E-state index in [1.165, 1.54) is 0 Å². The smallest absolute Gasteiger partial charge is 0.296 e. The Kier molecular flexibility index (Phi) is 0.945. The average molecular weight is 154 g/mol. The van der Waals surface area contributed by atoms with Crippen molar-refractivity contribution in [2.75, 3.05) is 0 Å². The van der Waals surface area contributed by atoms with Gasteiger partial charge in [-0.15, -0.1) is 0 Å². The lowest BCUT2D eigenvalue weighted by atomic mass is 10.6. The first-order chi connectivity index (χ1) is 5.27. The molecule has 7 nitrogen and oxygen atoms in total. The van der Waals surface area contributed by atoms with Crippen LogP contribution < -0.4 is 11.1 Å². The van der Waals surface area contributed by atoms with Crippen LogP contribution in [0.3, 0.4) is 0 Å². The number of nitrogens with one attached hydrogen (secondary N) is 2. The Bertz CT molecular complexity index is 447. The second kappa shape index (κ2) is 1.78. The molecule has 2 heterocycles. The molecular formula is C4H2N4O3. The van der Waals surface area contributed by atoms with Gasteiger partial charge in [0.05, 0.1) is 0 Å². The molecule has 0 radical (unpaired) electrons. The predicted octanol–water partition coefficient (Wildman–Crippen LogP) is -1.40. The topological polar surface area (TPSA) is 105 Å². The van der Waals surface area contributed by atoms with Crippen molar-refractivity contribution in [3.63, 3.8) is 0 Å². The number of aromatic nitrogens is 4. The molecule has 2 aromatic rings. The zero-order valence-corrected chi connectivity index (χ0v) is 5.12. The van der Waals surface area contributed by atoms with Crippen molar-refractivity contribution in [3.05, 3.63) is 20.7 Å². The van der Waals surface area contributed by atoms with Gasteiger partial charge < -0.3 is 0 Å². The molecule has 0 bridgehead atoms. The van der Waals surface area contributed by atoms with Gasteiger partial charge in [-0.1, -0.05) is 0 Å². The minimum absolute atomic E-state index is 0.134. The standard InChI is InChI=1S/C4H2N4O3/c9-3-4(10)6-2-1(5-3)7-11-8-2/h(H,5,7,9)(H,6,8,10). The number of rotatable bonds is 0. The quantitative estimate of drug-likeness (QED) is 0.454. The number of hydrogen-bond acceptors (Lipinski definition) is 5. The number of aromatic amines is 2. The van der Waals surface area contributed by atoms with E-state index in [1.54, 1.807) is 0 Å². The fourth-order valence-electron chi connectivity index (χ4n) is 0.681. The molecule has 0 aliphatic rings. The number of fused-ring (bicyclic) bond motifs is 1. The summed E-state index contributed by atoms with van der Waals surface area (Å²) < 4.78 is 4.23. The van der Waals surface area contributed by atoms with E-state index in [0.717, 1.165) is 0 Å². The third-order valence-corrected chi connectivity index (χ3v) is 1.16.